The fourth-order valence-corrected chi connectivity index (χ4v) is 5.41. The summed E-state index contributed by atoms with van der Waals surface area (Å²) in [7, 11) is -3.54. The number of benzene rings is 1. The summed E-state index contributed by atoms with van der Waals surface area (Å²) in [6.45, 7) is 3.23. The van der Waals surface area contributed by atoms with Gasteiger partial charge in [-0.1, -0.05) is 30.9 Å². The first-order chi connectivity index (χ1) is 13.0. The molecule has 0 aliphatic carbocycles. The molecule has 1 amide bonds. The van der Waals surface area contributed by atoms with E-state index in [1.54, 1.807) is 0 Å². The topological polar surface area (TPSA) is 69.7 Å². The molecule has 6 nitrogen and oxygen atoms in total. The van der Waals surface area contributed by atoms with Crippen molar-refractivity contribution in [3.05, 3.63) is 23.2 Å². The van der Waals surface area contributed by atoms with Gasteiger partial charge in [0.15, 0.2) is 0 Å². The Bertz CT molecular complexity index is 755. The van der Waals surface area contributed by atoms with Gasteiger partial charge in [0, 0.05) is 13.1 Å². The minimum absolute atomic E-state index is 0.159. The minimum atomic E-state index is -3.54. The number of amides is 1. The van der Waals surface area contributed by atoms with Crippen molar-refractivity contribution in [2.24, 2.45) is 0 Å². The Morgan fingerprint density at radius 2 is 1.56 bits per heavy atom. The van der Waals surface area contributed by atoms with Crippen LogP contribution in [-0.2, 0) is 14.8 Å². The van der Waals surface area contributed by atoms with Gasteiger partial charge in [0.05, 0.1) is 22.2 Å². The largest absolute Gasteiger partial charge is 0.324 e. The number of hydrogen-bond donors (Lipinski definition) is 1. The van der Waals surface area contributed by atoms with Crippen LogP contribution in [0.25, 0.3) is 0 Å². The molecular weight excluding hydrogens is 386 g/mol. The Morgan fingerprint density at radius 1 is 0.963 bits per heavy atom. The molecule has 2 fully saturated rings. The van der Waals surface area contributed by atoms with E-state index in [1.807, 2.05) is 0 Å². The van der Waals surface area contributed by atoms with E-state index in [9.17, 15) is 13.2 Å². The molecule has 0 radical (unpaired) electrons. The van der Waals surface area contributed by atoms with Crippen molar-refractivity contribution in [2.75, 3.05) is 38.0 Å². The first-order valence-corrected chi connectivity index (χ1v) is 11.6. The molecule has 1 N–H and O–H groups in total. The van der Waals surface area contributed by atoms with Gasteiger partial charge in [-0.2, -0.15) is 4.31 Å². The van der Waals surface area contributed by atoms with Gasteiger partial charge in [-0.15, -0.1) is 0 Å². The molecule has 150 valence electrons. The van der Waals surface area contributed by atoms with Crippen LogP contribution in [0.3, 0.4) is 0 Å². The number of likely N-dealkylation sites (tertiary alicyclic amines) is 1. The van der Waals surface area contributed by atoms with Gasteiger partial charge in [0.1, 0.15) is 0 Å². The van der Waals surface area contributed by atoms with Crippen LogP contribution in [-0.4, -0.2) is 56.3 Å². The fraction of sp³-hybridized carbons (Fsp3) is 0.632. The Kier molecular flexibility index (Phi) is 7.14. The number of hydrogen-bond acceptors (Lipinski definition) is 4. The van der Waals surface area contributed by atoms with Crippen molar-refractivity contribution in [1.29, 1.82) is 0 Å². The van der Waals surface area contributed by atoms with Crippen LogP contribution in [0.1, 0.15) is 44.9 Å². The molecule has 1 aromatic carbocycles. The lowest BCUT2D eigenvalue weighted by molar-refractivity contribution is -0.117. The van der Waals surface area contributed by atoms with E-state index in [-0.39, 0.29) is 10.8 Å². The molecule has 0 aromatic heterocycles. The van der Waals surface area contributed by atoms with E-state index in [2.05, 4.69) is 10.2 Å². The number of nitrogens with zero attached hydrogens (tertiary/aromatic N) is 2. The fourth-order valence-electron chi connectivity index (χ4n) is 3.70. The summed E-state index contributed by atoms with van der Waals surface area (Å²) in [5.41, 5.74) is 0.356. The van der Waals surface area contributed by atoms with E-state index in [1.165, 1.54) is 41.8 Å². The lowest BCUT2D eigenvalue weighted by Gasteiger charge is -2.24. The molecule has 8 heteroatoms. The maximum atomic E-state index is 12.7. The highest BCUT2D eigenvalue weighted by molar-refractivity contribution is 7.89. The SMILES string of the molecule is O=C(CN1CCCCCCC1)Nc1cc(S(=O)(=O)N2CCCC2)ccc1Cl. The second-order valence-electron chi connectivity index (χ2n) is 7.34. The molecule has 1 aromatic rings. The average Bonchev–Trinajstić information content (AvgIpc) is 3.14. The quantitative estimate of drug-likeness (QED) is 0.803. The molecule has 27 heavy (non-hydrogen) atoms. The second-order valence-corrected chi connectivity index (χ2v) is 9.69. The molecule has 2 saturated heterocycles. The third-order valence-electron chi connectivity index (χ3n) is 5.23. The molecule has 3 rings (SSSR count). The number of anilines is 1. The van der Waals surface area contributed by atoms with Crippen molar-refractivity contribution in [3.8, 4) is 0 Å². The summed E-state index contributed by atoms with van der Waals surface area (Å²) in [5, 5.41) is 3.14. The zero-order valence-corrected chi connectivity index (χ0v) is 17.2. The normalized spacial score (nSPS) is 20.2. The lowest BCUT2D eigenvalue weighted by atomic mass is 10.1. The van der Waals surface area contributed by atoms with Gasteiger partial charge < -0.3 is 5.32 Å². The monoisotopic (exact) mass is 413 g/mol. The number of nitrogens with one attached hydrogen (secondary N) is 1. The summed E-state index contributed by atoms with van der Waals surface area (Å²) >= 11 is 6.20. The van der Waals surface area contributed by atoms with Crippen LogP contribution < -0.4 is 5.32 Å². The van der Waals surface area contributed by atoms with Crippen molar-refractivity contribution >= 4 is 33.2 Å². The minimum Gasteiger partial charge on any atom is -0.324 e. The van der Waals surface area contributed by atoms with Crippen molar-refractivity contribution < 1.29 is 13.2 Å². The zero-order valence-electron chi connectivity index (χ0n) is 15.6. The van der Waals surface area contributed by atoms with Crippen LogP contribution in [0.5, 0.6) is 0 Å². The van der Waals surface area contributed by atoms with Gasteiger partial charge in [-0.05, 0) is 57.0 Å². The molecule has 2 heterocycles. The maximum absolute atomic E-state index is 12.7. The number of rotatable bonds is 5. The predicted molar refractivity (Wildman–Crippen MR) is 108 cm³/mol. The number of halogens is 1. The maximum Gasteiger partial charge on any atom is 0.243 e. The second kappa shape index (κ2) is 9.37. The van der Waals surface area contributed by atoms with Crippen molar-refractivity contribution in [3.63, 3.8) is 0 Å². The molecule has 0 saturated carbocycles. The van der Waals surface area contributed by atoms with E-state index in [0.717, 1.165) is 38.8 Å². The number of carbonyl (C=O) groups excluding carboxylic acids is 1. The Hall–Kier alpha value is -1.15. The van der Waals surface area contributed by atoms with E-state index in [0.29, 0.717) is 30.3 Å². The van der Waals surface area contributed by atoms with Gasteiger partial charge in [-0.3, -0.25) is 9.69 Å². The van der Waals surface area contributed by atoms with Crippen molar-refractivity contribution in [2.45, 2.75) is 49.8 Å². The molecule has 0 spiro atoms. The van der Waals surface area contributed by atoms with Crippen LogP contribution in [0.4, 0.5) is 5.69 Å². The molecular formula is C19H28ClN3O3S. The first-order valence-electron chi connectivity index (χ1n) is 9.79. The lowest BCUT2D eigenvalue weighted by Crippen LogP contribution is -2.35. The van der Waals surface area contributed by atoms with Gasteiger partial charge in [-0.25, -0.2) is 8.42 Å². The van der Waals surface area contributed by atoms with Crippen LogP contribution in [0, 0.1) is 0 Å². The van der Waals surface area contributed by atoms with Crippen LogP contribution >= 0.6 is 11.6 Å². The number of carbonyl (C=O) groups is 1. The first kappa shape index (κ1) is 20.6. The summed E-state index contributed by atoms with van der Waals surface area (Å²) in [4.78, 5) is 14.8. The highest BCUT2D eigenvalue weighted by Crippen LogP contribution is 2.28. The van der Waals surface area contributed by atoms with Crippen LogP contribution in [0.15, 0.2) is 23.1 Å². The van der Waals surface area contributed by atoms with E-state index < -0.39 is 10.0 Å². The smallest absolute Gasteiger partial charge is 0.243 e. The Labute approximate surface area is 166 Å². The molecule has 0 unspecified atom stereocenters. The van der Waals surface area contributed by atoms with E-state index in [4.69, 9.17) is 11.6 Å². The Balaban J connectivity index is 1.67. The standard InChI is InChI=1S/C19H28ClN3O3S/c20-17-9-8-16(27(25,26)23-12-6-7-13-23)14-18(17)21-19(24)15-22-10-4-2-1-3-5-11-22/h8-9,14H,1-7,10-13,15H2,(H,21,24). The third kappa shape index (κ3) is 5.44. The summed E-state index contributed by atoms with van der Waals surface area (Å²) in [6, 6.07) is 4.52. The van der Waals surface area contributed by atoms with E-state index >= 15 is 0 Å². The predicted octanol–water partition coefficient (Wildman–Crippen LogP) is 3.33. The molecule has 0 atom stereocenters. The summed E-state index contributed by atoms with van der Waals surface area (Å²) in [5.74, 6) is -0.159. The Morgan fingerprint density at radius 3 is 2.22 bits per heavy atom. The summed E-state index contributed by atoms with van der Waals surface area (Å²) in [6.07, 6.45) is 7.67. The highest BCUT2D eigenvalue weighted by atomic mass is 35.5. The molecule has 0 bridgehead atoms. The van der Waals surface area contributed by atoms with Crippen LogP contribution in [0.2, 0.25) is 5.02 Å². The van der Waals surface area contributed by atoms with Gasteiger partial charge >= 0.3 is 0 Å². The molecule has 2 aliphatic heterocycles. The average molecular weight is 414 g/mol. The summed E-state index contributed by atoms with van der Waals surface area (Å²) < 4.78 is 27.0. The van der Waals surface area contributed by atoms with Gasteiger partial charge in [0.2, 0.25) is 15.9 Å². The zero-order chi connectivity index (χ0) is 19.3. The third-order valence-corrected chi connectivity index (χ3v) is 7.45. The highest BCUT2D eigenvalue weighted by Gasteiger charge is 2.27. The van der Waals surface area contributed by atoms with Crippen molar-refractivity contribution in [1.82, 2.24) is 9.21 Å². The molecule has 2 aliphatic rings. The number of sulfonamides is 1. The van der Waals surface area contributed by atoms with Gasteiger partial charge in [0.25, 0.3) is 0 Å².